The smallest absolute Gasteiger partial charge is 0.276 e. The number of para-hydroxylation sites is 2. The van der Waals surface area contributed by atoms with Crippen LogP contribution in [0.1, 0.15) is 16.1 Å². The van der Waals surface area contributed by atoms with E-state index in [0.29, 0.717) is 13.2 Å². The second-order valence-corrected chi connectivity index (χ2v) is 4.83. The van der Waals surface area contributed by atoms with E-state index >= 15 is 0 Å². The zero-order valence-corrected chi connectivity index (χ0v) is 11.6. The molecule has 0 radical (unpaired) electrons. The largest absolute Gasteiger partial charge is 0.490 e. The Morgan fingerprint density at radius 1 is 1.45 bits per heavy atom. The summed E-state index contributed by atoms with van der Waals surface area (Å²) in [6.07, 6.45) is 1.23. The molecule has 1 aliphatic rings. The molecule has 0 saturated carbocycles. The predicted octanol–water partition coefficient (Wildman–Crippen LogP) is 1.74. The number of carbonyl (C=O) groups is 1. The van der Waals surface area contributed by atoms with E-state index < -0.39 is 11.7 Å². The van der Waals surface area contributed by atoms with E-state index in [-0.39, 0.29) is 17.8 Å². The molecular formula is C15H14FN3O3. The molecule has 114 valence electrons. The SMILES string of the molecule is O=C(NO)c1cnc(CN2CCOc3ccccc32)c(F)c1. The fraction of sp³-hybridized carbons (Fsp3) is 0.200. The van der Waals surface area contributed by atoms with E-state index in [0.717, 1.165) is 17.5 Å². The van der Waals surface area contributed by atoms with Gasteiger partial charge in [0.2, 0.25) is 0 Å². The van der Waals surface area contributed by atoms with Crippen molar-refractivity contribution in [2.75, 3.05) is 18.1 Å². The summed E-state index contributed by atoms with van der Waals surface area (Å²) >= 11 is 0. The van der Waals surface area contributed by atoms with Gasteiger partial charge in [-0.05, 0) is 18.2 Å². The second-order valence-electron chi connectivity index (χ2n) is 4.83. The molecule has 0 bridgehead atoms. The lowest BCUT2D eigenvalue weighted by Crippen LogP contribution is -2.32. The summed E-state index contributed by atoms with van der Waals surface area (Å²) in [6.45, 7) is 1.41. The van der Waals surface area contributed by atoms with Crippen molar-refractivity contribution in [1.82, 2.24) is 10.5 Å². The van der Waals surface area contributed by atoms with Crippen molar-refractivity contribution in [3.63, 3.8) is 0 Å². The summed E-state index contributed by atoms with van der Waals surface area (Å²) < 4.78 is 19.6. The van der Waals surface area contributed by atoms with Gasteiger partial charge in [0.05, 0.1) is 30.0 Å². The number of hydrogen-bond donors (Lipinski definition) is 2. The number of amides is 1. The van der Waals surface area contributed by atoms with Crippen LogP contribution in [0.5, 0.6) is 5.75 Å². The fourth-order valence-corrected chi connectivity index (χ4v) is 2.34. The third-order valence-electron chi connectivity index (χ3n) is 3.45. The number of nitrogens with one attached hydrogen (secondary N) is 1. The zero-order chi connectivity index (χ0) is 15.5. The minimum atomic E-state index is -0.797. The minimum absolute atomic E-state index is 0.0360. The number of hydroxylamine groups is 1. The van der Waals surface area contributed by atoms with Crippen molar-refractivity contribution in [3.8, 4) is 5.75 Å². The van der Waals surface area contributed by atoms with Crippen LogP contribution in [0, 0.1) is 5.82 Å². The zero-order valence-electron chi connectivity index (χ0n) is 11.6. The lowest BCUT2D eigenvalue weighted by atomic mass is 10.2. The van der Waals surface area contributed by atoms with Crippen molar-refractivity contribution in [2.45, 2.75) is 6.54 Å². The number of halogens is 1. The Hall–Kier alpha value is -2.67. The Bertz CT molecular complexity index is 708. The van der Waals surface area contributed by atoms with Crippen molar-refractivity contribution in [3.05, 3.63) is 53.6 Å². The molecule has 3 rings (SSSR count). The van der Waals surface area contributed by atoms with E-state index in [1.165, 1.54) is 11.7 Å². The molecular weight excluding hydrogens is 289 g/mol. The van der Waals surface area contributed by atoms with Gasteiger partial charge < -0.3 is 9.64 Å². The standard InChI is InChI=1S/C15H14FN3O3/c16-11-7-10(15(20)18-21)8-17-12(11)9-19-5-6-22-14-4-2-1-3-13(14)19/h1-4,7-8,21H,5-6,9H2,(H,18,20). The lowest BCUT2D eigenvalue weighted by molar-refractivity contribution is 0.0705. The van der Waals surface area contributed by atoms with Gasteiger partial charge >= 0.3 is 0 Å². The third kappa shape index (κ3) is 2.71. The molecule has 2 heterocycles. The van der Waals surface area contributed by atoms with Crippen LogP contribution in [0.15, 0.2) is 36.5 Å². The van der Waals surface area contributed by atoms with Crippen molar-refractivity contribution in [1.29, 1.82) is 0 Å². The number of anilines is 1. The maximum atomic E-state index is 14.1. The van der Waals surface area contributed by atoms with Crippen LogP contribution in [0.25, 0.3) is 0 Å². The number of nitrogens with zero attached hydrogens (tertiary/aromatic N) is 2. The highest BCUT2D eigenvalue weighted by Crippen LogP contribution is 2.31. The van der Waals surface area contributed by atoms with E-state index in [1.807, 2.05) is 29.2 Å². The highest BCUT2D eigenvalue weighted by molar-refractivity contribution is 5.92. The molecule has 0 unspecified atom stereocenters. The number of aromatic nitrogens is 1. The monoisotopic (exact) mass is 303 g/mol. The maximum absolute atomic E-state index is 14.1. The van der Waals surface area contributed by atoms with Gasteiger partial charge in [0.1, 0.15) is 18.2 Å². The molecule has 22 heavy (non-hydrogen) atoms. The van der Waals surface area contributed by atoms with Crippen LogP contribution in [0.4, 0.5) is 10.1 Å². The van der Waals surface area contributed by atoms with Gasteiger partial charge in [-0.1, -0.05) is 12.1 Å². The molecule has 2 aromatic rings. The molecule has 1 amide bonds. The highest BCUT2D eigenvalue weighted by Gasteiger charge is 2.20. The van der Waals surface area contributed by atoms with Gasteiger partial charge in [-0.15, -0.1) is 0 Å². The Labute approximate surface area is 126 Å². The van der Waals surface area contributed by atoms with Crippen LogP contribution >= 0.6 is 0 Å². The number of fused-ring (bicyclic) bond motifs is 1. The van der Waals surface area contributed by atoms with Gasteiger partial charge in [0.15, 0.2) is 0 Å². The van der Waals surface area contributed by atoms with E-state index in [2.05, 4.69) is 4.98 Å². The van der Waals surface area contributed by atoms with Gasteiger partial charge in [0.25, 0.3) is 5.91 Å². The Balaban J connectivity index is 1.84. The first-order valence-electron chi connectivity index (χ1n) is 6.74. The maximum Gasteiger partial charge on any atom is 0.276 e. The summed E-state index contributed by atoms with van der Waals surface area (Å²) in [6, 6.07) is 8.59. The second kappa shape index (κ2) is 5.98. The highest BCUT2D eigenvalue weighted by atomic mass is 19.1. The quantitative estimate of drug-likeness (QED) is 0.667. The average Bonchev–Trinajstić information content (AvgIpc) is 2.56. The first-order chi connectivity index (χ1) is 10.7. The van der Waals surface area contributed by atoms with Crippen LogP contribution in [-0.2, 0) is 6.54 Å². The summed E-state index contributed by atoms with van der Waals surface area (Å²) in [7, 11) is 0. The lowest BCUT2D eigenvalue weighted by Gasteiger charge is -2.30. The summed E-state index contributed by atoms with van der Waals surface area (Å²) in [5.74, 6) is -0.634. The molecule has 1 aromatic heterocycles. The number of pyridine rings is 1. The molecule has 0 aliphatic carbocycles. The van der Waals surface area contributed by atoms with Crippen molar-refractivity contribution in [2.24, 2.45) is 0 Å². The summed E-state index contributed by atoms with van der Waals surface area (Å²) in [5.41, 5.74) is 2.52. The molecule has 1 aliphatic heterocycles. The predicted molar refractivity (Wildman–Crippen MR) is 76.4 cm³/mol. The molecule has 6 nitrogen and oxygen atoms in total. The number of rotatable bonds is 3. The third-order valence-corrected chi connectivity index (χ3v) is 3.45. The van der Waals surface area contributed by atoms with Gasteiger partial charge in [-0.3, -0.25) is 15.0 Å². The number of ether oxygens (including phenoxy) is 1. The topological polar surface area (TPSA) is 74.7 Å². The van der Waals surface area contributed by atoms with Crippen LogP contribution < -0.4 is 15.1 Å². The van der Waals surface area contributed by atoms with Crippen LogP contribution in [0.2, 0.25) is 0 Å². The first-order valence-corrected chi connectivity index (χ1v) is 6.74. The number of carbonyl (C=O) groups excluding carboxylic acids is 1. The molecule has 0 spiro atoms. The Morgan fingerprint density at radius 3 is 3.05 bits per heavy atom. The molecule has 0 saturated heterocycles. The van der Waals surface area contributed by atoms with Crippen molar-refractivity contribution < 1.29 is 19.1 Å². The molecule has 1 aromatic carbocycles. The Morgan fingerprint density at radius 2 is 2.27 bits per heavy atom. The normalized spacial score (nSPS) is 13.3. The number of benzene rings is 1. The van der Waals surface area contributed by atoms with E-state index in [9.17, 15) is 9.18 Å². The molecule has 0 fully saturated rings. The van der Waals surface area contributed by atoms with Crippen LogP contribution in [-0.4, -0.2) is 29.3 Å². The summed E-state index contributed by atoms with van der Waals surface area (Å²) in [4.78, 5) is 17.2. The van der Waals surface area contributed by atoms with Gasteiger partial charge in [0, 0.05) is 6.20 Å². The van der Waals surface area contributed by atoms with Crippen molar-refractivity contribution >= 4 is 11.6 Å². The Kier molecular flexibility index (Phi) is 3.88. The molecule has 7 heteroatoms. The molecule has 2 N–H and O–H groups in total. The average molecular weight is 303 g/mol. The fourth-order valence-electron chi connectivity index (χ4n) is 2.34. The molecule has 0 atom stereocenters. The van der Waals surface area contributed by atoms with E-state index in [4.69, 9.17) is 9.94 Å². The number of hydrogen-bond acceptors (Lipinski definition) is 5. The van der Waals surface area contributed by atoms with Crippen LogP contribution in [0.3, 0.4) is 0 Å². The first kappa shape index (κ1) is 14.3. The van der Waals surface area contributed by atoms with Gasteiger partial charge in [-0.25, -0.2) is 9.87 Å². The van der Waals surface area contributed by atoms with E-state index in [1.54, 1.807) is 0 Å². The van der Waals surface area contributed by atoms with Gasteiger partial charge in [-0.2, -0.15) is 0 Å². The summed E-state index contributed by atoms with van der Waals surface area (Å²) in [5, 5.41) is 8.55. The minimum Gasteiger partial charge on any atom is -0.490 e.